The summed E-state index contributed by atoms with van der Waals surface area (Å²) in [5.74, 6) is 1.62. The lowest BCUT2D eigenvalue weighted by Gasteiger charge is -2.49. The van der Waals surface area contributed by atoms with E-state index in [2.05, 4.69) is 19.2 Å². The molecule has 1 fully saturated rings. The first-order valence-electron chi connectivity index (χ1n) is 6.61. The molecule has 4 heteroatoms. The lowest BCUT2D eigenvalue weighted by atomic mass is 9.64. The Balaban J connectivity index is 2.00. The van der Waals surface area contributed by atoms with Crippen LogP contribution in [0.15, 0.2) is 18.2 Å². The molecule has 1 saturated carbocycles. The fourth-order valence-electron chi connectivity index (χ4n) is 2.48. The summed E-state index contributed by atoms with van der Waals surface area (Å²) in [6.07, 6.45) is 0.605. The van der Waals surface area contributed by atoms with E-state index in [1.807, 2.05) is 18.2 Å². The van der Waals surface area contributed by atoms with E-state index in [-0.39, 0.29) is 11.5 Å². The molecule has 1 aromatic carbocycles. The molecule has 1 aromatic rings. The van der Waals surface area contributed by atoms with Gasteiger partial charge in [0, 0.05) is 29.6 Å². The number of hydrogen-bond acceptors (Lipinski definition) is 4. The van der Waals surface area contributed by atoms with E-state index >= 15 is 0 Å². The summed E-state index contributed by atoms with van der Waals surface area (Å²) in [4.78, 5) is 0. The SMILES string of the molecule is COc1ccc(CNC2CC(O)C2(C)C)c(OC)c1. The molecule has 2 atom stereocenters. The number of ether oxygens (including phenoxy) is 2. The van der Waals surface area contributed by atoms with Crippen LogP contribution in [0, 0.1) is 5.41 Å². The third-order valence-corrected chi connectivity index (χ3v) is 4.25. The quantitative estimate of drug-likeness (QED) is 0.854. The molecule has 0 saturated heterocycles. The first-order chi connectivity index (χ1) is 8.98. The monoisotopic (exact) mass is 265 g/mol. The number of aliphatic hydroxyl groups is 1. The molecule has 0 radical (unpaired) electrons. The Morgan fingerprint density at radius 2 is 2.05 bits per heavy atom. The molecule has 0 aromatic heterocycles. The zero-order valence-electron chi connectivity index (χ0n) is 12.1. The molecule has 0 amide bonds. The molecule has 1 aliphatic rings. The fourth-order valence-corrected chi connectivity index (χ4v) is 2.48. The second-order valence-electron chi connectivity index (χ2n) is 5.68. The van der Waals surface area contributed by atoms with Gasteiger partial charge in [-0.15, -0.1) is 0 Å². The topological polar surface area (TPSA) is 50.7 Å². The molecule has 4 nitrogen and oxygen atoms in total. The first-order valence-corrected chi connectivity index (χ1v) is 6.61. The maximum absolute atomic E-state index is 9.73. The Kier molecular flexibility index (Phi) is 4.02. The molecule has 0 bridgehead atoms. The largest absolute Gasteiger partial charge is 0.497 e. The van der Waals surface area contributed by atoms with E-state index in [1.165, 1.54) is 0 Å². The summed E-state index contributed by atoms with van der Waals surface area (Å²) in [5.41, 5.74) is 1.04. The van der Waals surface area contributed by atoms with Gasteiger partial charge in [-0.1, -0.05) is 19.9 Å². The second-order valence-corrected chi connectivity index (χ2v) is 5.68. The van der Waals surface area contributed by atoms with Crippen molar-refractivity contribution in [1.82, 2.24) is 5.32 Å². The van der Waals surface area contributed by atoms with Crippen molar-refractivity contribution in [2.75, 3.05) is 14.2 Å². The van der Waals surface area contributed by atoms with Gasteiger partial charge in [0.2, 0.25) is 0 Å². The smallest absolute Gasteiger partial charge is 0.127 e. The molecule has 0 aliphatic heterocycles. The van der Waals surface area contributed by atoms with Gasteiger partial charge >= 0.3 is 0 Å². The summed E-state index contributed by atoms with van der Waals surface area (Å²) in [6, 6.07) is 6.17. The van der Waals surface area contributed by atoms with Crippen molar-refractivity contribution in [2.24, 2.45) is 5.41 Å². The van der Waals surface area contributed by atoms with Crippen LogP contribution in [0.5, 0.6) is 11.5 Å². The van der Waals surface area contributed by atoms with E-state index in [1.54, 1.807) is 14.2 Å². The summed E-state index contributed by atoms with van der Waals surface area (Å²) in [6.45, 7) is 4.90. The summed E-state index contributed by atoms with van der Waals surface area (Å²) in [7, 11) is 3.31. The maximum Gasteiger partial charge on any atom is 0.127 e. The number of aliphatic hydroxyl groups excluding tert-OH is 1. The Morgan fingerprint density at radius 3 is 2.58 bits per heavy atom. The third-order valence-electron chi connectivity index (χ3n) is 4.25. The van der Waals surface area contributed by atoms with Gasteiger partial charge in [-0.3, -0.25) is 0 Å². The Morgan fingerprint density at radius 1 is 1.32 bits per heavy atom. The number of nitrogens with one attached hydrogen (secondary N) is 1. The number of benzene rings is 1. The zero-order chi connectivity index (χ0) is 14.0. The molecular weight excluding hydrogens is 242 g/mol. The van der Waals surface area contributed by atoms with E-state index in [4.69, 9.17) is 9.47 Å². The number of rotatable bonds is 5. The van der Waals surface area contributed by atoms with Crippen LogP contribution in [0.25, 0.3) is 0 Å². The Hall–Kier alpha value is -1.26. The normalized spacial score (nSPS) is 24.7. The highest BCUT2D eigenvalue weighted by Gasteiger charge is 2.46. The predicted octanol–water partition coefficient (Wildman–Crippen LogP) is 1.95. The lowest BCUT2D eigenvalue weighted by Crippen LogP contribution is -2.59. The molecule has 1 aliphatic carbocycles. The van der Waals surface area contributed by atoms with Crippen LogP contribution in [-0.4, -0.2) is 31.5 Å². The second kappa shape index (κ2) is 5.39. The van der Waals surface area contributed by atoms with Crippen LogP contribution < -0.4 is 14.8 Å². The molecule has 106 valence electrons. The van der Waals surface area contributed by atoms with Crippen molar-refractivity contribution in [1.29, 1.82) is 0 Å². The van der Waals surface area contributed by atoms with Crippen molar-refractivity contribution < 1.29 is 14.6 Å². The summed E-state index contributed by atoms with van der Waals surface area (Å²) >= 11 is 0. The fraction of sp³-hybridized carbons (Fsp3) is 0.600. The lowest BCUT2D eigenvalue weighted by molar-refractivity contribution is -0.0730. The standard InChI is InChI=1S/C15H23NO3/c1-15(2)13(8-14(15)17)16-9-10-5-6-11(18-3)7-12(10)19-4/h5-7,13-14,16-17H,8-9H2,1-4H3. The van der Waals surface area contributed by atoms with E-state index in [0.29, 0.717) is 6.04 Å². The highest BCUT2D eigenvalue weighted by Crippen LogP contribution is 2.40. The van der Waals surface area contributed by atoms with Gasteiger partial charge in [-0.2, -0.15) is 0 Å². The van der Waals surface area contributed by atoms with Gasteiger partial charge in [0.05, 0.1) is 20.3 Å². The average molecular weight is 265 g/mol. The van der Waals surface area contributed by atoms with Crippen molar-refractivity contribution in [3.63, 3.8) is 0 Å². The van der Waals surface area contributed by atoms with Gasteiger partial charge < -0.3 is 19.9 Å². The maximum atomic E-state index is 9.73. The minimum Gasteiger partial charge on any atom is -0.497 e. The van der Waals surface area contributed by atoms with Crippen LogP contribution in [0.3, 0.4) is 0 Å². The number of hydrogen-bond donors (Lipinski definition) is 2. The first kappa shape index (κ1) is 14.2. The number of methoxy groups -OCH3 is 2. The molecular formula is C15H23NO3. The van der Waals surface area contributed by atoms with Gasteiger partial charge in [0.25, 0.3) is 0 Å². The van der Waals surface area contributed by atoms with Gasteiger partial charge in [-0.25, -0.2) is 0 Å². The summed E-state index contributed by atoms with van der Waals surface area (Å²) in [5, 5.41) is 13.2. The third kappa shape index (κ3) is 2.69. The highest BCUT2D eigenvalue weighted by atomic mass is 16.5. The van der Waals surface area contributed by atoms with Crippen molar-refractivity contribution >= 4 is 0 Å². The van der Waals surface area contributed by atoms with E-state index < -0.39 is 0 Å². The van der Waals surface area contributed by atoms with E-state index in [9.17, 15) is 5.11 Å². The average Bonchev–Trinajstić information content (AvgIpc) is 2.43. The Bertz CT molecular complexity index is 445. The minimum atomic E-state index is -0.206. The van der Waals surface area contributed by atoms with Gasteiger partial charge in [0.1, 0.15) is 11.5 Å². The molecule has 2 unspecified atom stereocenters. The van der Waals surface area contributed by atoms with Crippen LogP contribution in [0.4, 0.5) is 0 Å². The Labute approximate surface area is 114 Å². The predicted molar refractivity (Wildman–Crippen MR) is 74.6 cm³/mol. The molecule has 2 rings (SSSR count). The molecule has 2 N–H and O–H groups in total. The highest BCUT2D eigenvalue weighted by molar-refractivity contribution is 5.40. The summed E-state index contributed by atoms with van der Waals surface area (Å²) < 4.78 is 10.6. The van der Waals surface area contributed by atoms with Crippen LogP contribution in [0.1, 0.15) is 25.8 Å². The van der Waals surface area contributed by atoms with Crippen molar-refractivity contribution in [3.05, 3.63) is 23.8 Å². The van der Waals surface area contributed by atoms with Gasteiger partial charge in [-0.05, 0) is 12.5 Å². The van der Waals surface area contributed by atoms with Crippen LogP contribution in [-0.2, 0) is 6.54 Å². The van der Waals surface area contributed by atoms with Crippen LogP contribution >= 0.6 is 0 Å². The van der Waals surface area contributed by atoms with Crippen molar-refractivity contribution in [3.8, 4) is 11.5 Å². The van der Waals surface area contributed by atoms with Crippen molar-refractivity contribution in [2.45, 2.75) is 39.0 Å². The van der Waals surface area contributed by atoms with E-state index in [0.717, 1.165) is 30.0 Å². The molecule has 0 heterocycles. The molecule has 0 spiro atoms. The molecule has 19 heavy (non-hydrogen) atoms. The zero-order valence-corrected chi connectivity index (χ0v) is 12.1. The minimum absolute atomic E-state index is 0.0558. The van der Waals surface area contributed by atoms with Gasteiger partial charge in [0.15, 0.2) is 0 Å². The van der Waals surface area contributed by atoms with Crippen LogP contribution in [0.2, 0.25) is 0 Å².